The minimum absolute atomic E-state index is 0.0668. The smallest absolute Gasteiger partial charge is 0.283 e. The summed E-state index contributed by atoms with van der Waals surface area (Å²) in [6.45, 7) is 2.49. The van der Waals surface area contributed by atoms with Crippen molar-refractivity contribution < 1.29 is 19.1 Å². The highest BCUT2D eigenvalue weighted by Gasteiger charge is 2.36. The molecule has 2 aromatic carbocycles. The Morgan fingerprint density at radius 1 is 1.19 bits per heavy atom. The van der Waals surface area contributed by atoms with E-state index >= 15 is 0 Å². The monoisotopic (exact) mass is 523 g/mol. The lowest BCUT2D eigenvalue weighted by Gasteiger charge is -2.26. The molecule has 0 saturated carbocycles. The van der Waals surface area contributed by atoms with Crippen molar-refractivity contribution in [3.63, 3.8) is 0 Å². The van der Waals surface area contributed by atoms with E-state index in [-0.39, 0.29) is 28.9 Å². The summed E-state index contributed by atoms with van der Waals surface area (Å²) in [6, 6.07) is 14.9. The Kier molecular flexibility index (Phi) is 7.17. The zero-order chi connectivity index (χ0) is 25.1. The SMILES string of the molecule is N=C1C(=Cc2ccc(OCc3ccccc3)c(Cl)c2)C(=O)N=C2SC(CC(=O)N3CCOCC3)=NN12. The molecule has 0 atom stereocenters. The Hall–Kier alpha value is -3.47. The van der Waals surface area contributed by atoms with Crippen molar-refractivity contribution in [3.8, 4) is 5.75 Å². The molecule has 1 saturated heterocycles. The van der Waals surface area contributed by atoms with Gasteiger partial charge in [-0.2, -0.15) is 15.1 Å². The maximum Gasteiger partial charge on any atom is 0.283 e. The van der Waals surface area contributed by atoms with Crippen LogP contribution in [-0.2, 0) is 20.9 Å². The lowest BCUT2D eigenvalue weighted by atomic mass is 10.1. The highest BCUT2D eigenvalue weighted by molar-refractivity contribution is 8.27. The number of rotatable bonds is 6. The average Bonchev–Trinajstić information content (AvgIpc) is 3.29. The van der Waals surface area contributed by atoms with E-state index in [0.717, 1.165) is 17.3 Å². The summed E-state index contributed by atoms with van der Waals surface area (Å²) in [4.78, 5) is 31.1. The summed E-state index contributed by atoms with van der Waals surface area (Å²) < 4.78 is 11.1. The molecule has 3 heterocycles. The fourth-order valence-corrected chi connectivity index (χ4v) is 4.90. The third-order valence-electron chi connectivity index (χ3n) is 5.67. The minimum atomic E-state index is -0.546. The van der Waals surface area contributed by atoms with Crippen molar-refractivity contribution in [2.45, 2.75) is 13.0 Å². The third-order valence-corrected chi connectivity index (χ3v) is 6.87. The van der Waals surface area contributed by atoms with Crippen molar-refractivity contribution in [1.82, 2.24) is 9.91 Å². The topological polar surface area (TPSA) is 108 Å². The van der Waals surface area contributed by atoms with E-state index in [9.17, 15) is 9.59 Å². The number of benzene rings is 2. The van der Waals surface area contributed by atoms with Gasteiger partial charge in [0.1, 0.15) is 17.4 Å². The number of halogens is 1. The molecule has 3 aliphatic heterocycles. The van der Waals surface area contributed by atoms with Gasteiger partial charge in [-0.05, 0) is 41.1 Å². The molecule has 0 spiro atoms. The van der Waals surface area contributed by atoms with Gasteiger partial charge >= 0.3 is 0 Å². The molecule has 0 unspecified atom stereocenters. The zero-order valence-corrected chi connectivity index (χ0v) is 20.7. The van der Waals surface area contributed by atoms with Crippen LogP contribution in [-0.4, -0.2) is 64.1 Å². The first-order valence-electron chi connectivity index (χ1n) is 11.3. The van der Waals surface area contributed by atoms with Crippen LogP contribution in [0, 0.1) is 5.41 Å². The molecular formula is C25H22ClN5O4S. The Bertz CT molecular complexity index is 1300. The van der Waals surface area contributed by atoms with Gasteiger partial charge in [-0.3, -0.25) is 15.0 Å². The summed E-state index contributed by atoms with van der Waals surface area (Å²) in [6.07, 6.45) is 1.63. The van der Waals surface area contributed by atoms with Crippen LogP contribution in [0.15, 0.2) is 64.2 Å². The summed E-state index contributed by atoms with van der Waals surface area (Å²) in [5, 5.41) is 15.4. The molecule has 184 valence electrons. The third kappa shape index (κ3) is 5.35. The number of hydrogen-bond donors (Lipinski definition) is 1. The Balaban J connectivity index is 1.28. The predicted octanol–water partition coefficient (Wildman–Crippen LogP) is 3.79. The van der Waals surface area contributed by atoms with Crippen LogP contribution in [0.25, 0.3) is 6.08 Å². The van der Waals surface area contributed by atoms with E-state index in [4.69, 9.17) is 26.5 Å². The van der Waals surface area contributed by atoms with Crippen LogP contribution in [0.1, 0.15) is 17.5 Å². The molecular weight excluding hydrogens is 502 g/mol. The van der Waals surface area contributed by atoms with Gasteiger partial charge in [-0.25, -0.2) is 0 Å². The van der Waals surface area contributed by atoms with Gasteiger partial charge in [0.25, 0.3) is 5.91 Å². The number of ether oxygens (including phenoxy) is 2. The van der Waals surface area contributed by atoms with Gasteiger partial charge < -0.3 is 14.4 Å². The molecule has 5 rings (SSSR count). The number of thioether (sulfide) groups is 1. The average molecular weight is 524 g/mol. The highest BCUT2D eigenvalue weighted by atomic mass is 35.5. The Labute approximate surface area is 216 Å². The zero-order valence-electron chi connectivity index (χ0n) is 19.1. The van der Waals surface area contributed by atoms with Crippen LogP contribution in [0.3, 0.4) is 0 Å². The normalized spacial score (nSPS) is 18.8. The highest BCUT2D eigenvalue weighted by Crippen LogP contribution is 2.31. The molecule has 0 aliphatic carbocycles. The second kappa shape index (κ2) is 10.7. The van der Waals surface area contributed by atoms with Crippen LogP contribution >= 0.6 is 23.4 Å². The first-order valence-corrected chi connectivity index (χ1v) is 12.5. The van der Waals surface area contributed by atoms with Gasteiger partial charge in [0.2, 0.25) is 11.1 Å². The van der Waals surface area contributed by atoms with Crippen molar-refractivity contribution in [2.24, 2.45) is 10.1 Å². The largest absolute Gasteiger partial charge is 0.487 e. The maximum atomic E-state index is 12.7. The number of carbonyl (C=O) groups excluding carboxylic acids is 2. The number of amidine groups is 2. The first kappa shape index (κ1) is 24.2. The van der Waals surface area contributed by atoms with Crippen LogP contribution in [0.4, 0.5) is 0 Å². The molecule has 1 N–H and O–H groups in total. The van der Waals surface area contributed by atoms with Gasteiger partial charge in [-0.1, -0.05) is 48.0 Å². The number of aliphatic imine (C=N–C) groups is 1. The number of nitrogens with one attached hydrogen (secondary N) is 1. The van der Waals surface area contributed by atoms with Gasteiger partial charge in [0, 0.05) is 13.1 Å². The van der Waals surface area contributed by atoms with Gasteiger partial charge in [-0.15, -0.1) is 0 Å². The lowest BCUT2D eigenvalue weighted by Crippen LogP contribution is -2.41. The number of amides is 2. The fourth-order valence-electron chi connectivity index (χ4n) is 3.78. The van der Waals surface area contributed by atoms with E-state index < -0.39 is 5.91 Å². The van der Waals surface area contributed by atoms with Crippen LogP contribution in [0.5, 0.6) is 5.75 Å². The predicted molar refractivity (Wildman–Crippen MR) is 139 cm³/mol. The molecule has 2 amide bonds. The number of hydrazone groups is 1. The van der Waals surface area contributed by atoms with Gasteiger partial charge in [0.15, 0.2) is 5.84 Å². The molecule has 0 aromatic heterocycles. The molecule has 1 fully saturated rings. The second-order valence-electron chi connectivity index (χ2n) is 8.15. The van der Waals surface area contributed by atoms with E-state index in [1.165, 1.54) is 5.01 Å². The second-order valence-corrected chi connectivity index (χ2v) is 9.60. The molecule has 2 aromatic rings. The Morgan fingerprint density at radius 3 is 2.72 bits per heavy atom. The van der Waals surface area contributed by atoms with Crippen molar-refractivity contribution in [2.75, 3.05) is 26.3 Å². The number of fused-ring (bicyclic) bond motifs is 1. The molecule has 0 radical (unpaired) electrons. The van der Waals surface area contributed by atoms with Crippen LogP contribution in [0.2, 0.25) is 5.02 Å². The molecule has 0 bridgehead atoms. The quantitative estimate of drug-likeness (QED) is 0.577. The first-order chi connectivity index (χ1) is 17.5. The van der Waals surface area contributed by atoms with Gasteiger partial charge in [0.05, 0.1) is 30.2 Å². The molecule has 11 heteroatoms. The summed E-state index contributed by atoms with van der Waals surface area (Å²) >= 11 is 7.54. The summed E-state index contributed by atoms with van der Waals surface area (Å²) in [5.74, 6) is -0.201. The fraction of sp³-hybridized carbons (Fsp3) is 0.240. The molecule has 3 aliphatic rings. The lowest BCUT2D eigenvalue weighted by molar-refractivity contribution is -0.133. The van der Waals surface area contributed by atoms with E-state index in [2.05, 4.69) is 10.1 Å². The standard InChI is InChI=1S/C25H22ClN5O4S/c26-19-13-17(6-7-20(19)35-15-16-4-2-1-3-5-16)12-18-23(27)31-25(28-24(18)33)36-21(29-31)14-22(32)30-8-10-34-11-9-30/h1-7,12-13,27H,8-11,14-15H2. The van der Waals surface area contributed by atoms with Crippen LogP contribution < -0.4 is 4.74 Å². The number of hydrogen-bond acceptors (Lipinski definition) is 7. The Morgan fingerprint density at radius 2 is 1.97 bits per heavy atom. The number of nitrogens with zero attached hydrogens (tertiary/aromatic N) is 4. The van der Waals surface area contributed by atoms with Crippen molar-refractivity contribution in [3.05, 3.63) is 70.3 Å². The minimum Gasteiger partial charge on any atom is -0.487 e. The molecule has 9 nitrogen and oxygen atoms in total. The molecule has 36 heavy (non-hydrogen) atoms. The van der Waals surface area contributed by atoms with E-state index in [0.29, 0.717) is 54.3 Å². The summed E-state index contributed by atoms with van der Waals surface area (Å²) in [7, 11) is 0. The van der Waals surface area contributed by atoms with Crippen molar-refractivity contribution >= 4 is 57.3 Å². The van der Waals surface area contributed by atoms with E-state index in [1.54, 1.807) is 29.2 Å². The van der Waals surface area contributed by atoms with Crippen molar-refractivity contribution in [1.29, 1.82) is 5.41 Å². The summed E-state index contributed by atoms with van der Waals surface area (Å²) in [5.41, 5.74) is 1.72. The maximum absolute atomic E-state index is 12.7. The van der Waals surface area contributed by atoms with E-state index in [1.807, 2.05) is 30.3 Å². The number of carbonyl (C=O) groups is 2. The number of morpholine rings is 1.